The zero-order chi connectivity index (χ0) is 9.84. The molecule has 16 heavy (non-hydrogen) atoms. The van der Waals surface area contributed by atoms with Gasteiger partial charge in [0.05, 0.1) is 18.1 Å². The van der Waals surface area contributed by atoms with E-state index in [9.17, 15) is 10.1 Å². The number of nitro groups is 1. The number of halogens is 2. The molecule has 9 heteroatoms. The molecule has 0 radical (unpaired) electrons. The maximum absolute atomic E-state index is 10.4. The molecular formula is C7H7Cl2N3O3Zn+2. The van der Waals surface area contributed by atoms with E-state index in [4.69, 9.17) is 10.1 Å². The molecule has 0 aliphatic rings. The van der Waals surface area contributed by atoms with Crippen LogP contribution >= 0.6 is 12.4 Å². The summed E-state index contributed by atoms with van der Waals surface area (Å²) in [4.78, 5) is 12.6. The van der Waals surface area contributed by atoms with Crippen molar-refractivity contribution in [1.29, 1.82) is 5.39 Å². The number of diazo groups is 1. The van der Waals surface area contributed by atoms with Crippen molar-refractivity contribution < 1.29 is 41.5 Å². The molecule has 0 spiro atoms. The van der Waals surface area contributed by atoms with Gasteiger partial charge < -0.3 is 17.1 Å². The molecule has 0 unspecified atom stereocenters. The molecule has 6 nitrogen and oxygen atoms in total. The van der Waals surface area contributed by atoms with E-state index in [0.29, 0.717) is 5.75 Å². The zero-order valence-electron chi connectivity index (χ0n) is 8.29. The second kappa shape index (κ2) is 9.28. The van der Waals surface area contributed by atoms with Crippen LogP contribution in [-0.4, -0.2) is 12.0 Å². The topological polar surface area (TPSA) is 80.5 Å². The molecule has 0 aliphatic carbocycles. The molecule has 0 amide bonds. The van der Waals surface area contributed by atoms with Gasteiger partial charge in [0, 0.05) is 6.07 Å². The molecule has 1 rings (SSSR count). The number of benzene rings is 1. The SMILES string of the molecule is COc1ccc([N+]#N)c([N+](=O)[O-])c1.Cl.[Cl-].[Zn+2]. The third-order valence-corrected chi connectivity index (χ3v) is 1.49. The summed E-state index contributed by atoms with van der Waals surface area (Å²) in [5, 5.41) is 18.8. The first kappa shape index (κ1) is 20.5. The molecule has 1 aromatic carbocycles. The van der Waals surface area contributed by atoms with E-state index in [2.05, 4.69) is 4.98 Å². The Morgan fingerprint density at radius 3 is 2.44 bits per heavy atom. The minimum absolute atomic E-state index is 0. The van der Waals surface area contributed by atoms with E-state index in [1.807, 2.05) is 0 Å². The number of methoxy groups -OCH3 is 1. The fourth-order valence-corrected chi connectivity index (χ4v) is 0.861. The summed E-state index contributed by atoms with van der Waals surface area (Å²) in [6, 6.07) is 3.97. The van der Waals surface area contributed by atoms with Crippen molar-refractivity contribution in [2.24, 2.45) is 0 Å². The van der Waals surface area contributed by atoms with Crippen LogP contribution in [0.25, 0.3) is 4.98 Å². The first-order chi connectivity index (χ1) is 6.19. The summed E-state index contributed by atoms with van der Waals surface area (Å²) in [6.45, 7) is 0. The second-order valence-corrected chi connectivity index (χ2v) is 2.21. The Bertz CT molecular complexity index is 397. The maximum atomic E-state index is 10.4. The van der Waals surface area contributed by atoms with Crippen LogP contribution in [0.5, 0.6) is 5.75 Å². The summed E-state index contributed by atoms with van der Waals surface area (Å²) in [5.74, 6) is 0.346. The van der Waals surface area contributed by atoms with Crippen molar-refractivity contribution in [2.75, 3.05) is 7.11 Å². The number of ether oxygens (including phenoxy) is 1. The average molecular weight is 317 g/mol. The fourth-order valence-electron chi connectivity index (χ4n) is 0.861. The molecule has 0 saturated carbocycles. The van der Waals surface area contributed by atoms with Crippen LogP contribution in [0.2, 0.25) is 0 Å². The molecule has 1 aromatic rings. The van der Waals surface area contributed by atoms with Crippen LogP contribution < -0.4 is 17.1 Å². The number of hydrogen-bond acceptors (Lipinski definition) is 4. The summed E-state index contributed by atoms with van der Waals surface area (Å²) in [5.41, 5.74) is -0.382. The van der Waals surface area contributed by atoms with Gasteiger partial charge in [-0.15, -0.1) is 12.4 Å². The third kappa shape index (κ3) is 4.71. The summed E-state index contributed by atoms with van der Waals surface area (Å²) < 4.78 is 4.78. The van der Waals surface area contributed by atoms with Gasteiger partial charge in [0.15, 0.2) is 4.98 Å². The number of hydrogen-bond donors (Lipinski definition) is 0. The van der Waals surface area contributed by atoms with Gasteiger partial charge in [0.1, 0.15) is 5.75 Å². The first-order valence-corrected chi connectivity index (χ1v) is 3.36. The Hall–Kier alpha value is -0.957. The number of nitro benzene ring substituents is 1. The Balaban J connectivity index is -0.000000563. The van der Waals surface area contributed by atoms with Gasteiger partial charge in [-0.05, 0) is 6.07 Å². The van der Waals surface area contributed by atoms with Crippen molar-refractivity contribution in [3.63, 3.8) is 0 Å². The molecule has 0 fully saturated rings. The quantitative estimate of drug-likeness (QED) is 0.319. The summed E-state index contributed by atoms with van der Waals surface area (Å²) in [7, 11) is 1.40. The monoisotopic (exact) mass is 315 g/mol. The minimum Gasteiger partial charge on any atom is -1.00 e. The molecule has 0 N–H and O–H groups in total. The predicted molar refractivity (Wildman–Crippen MR) is 51.6 cm³/mol. The van der Waals surface area contributed by atoms with Crippen LogP contribution in [0.15, 0.2) is 18.2 Å². The Morgan fingerprint density at radius 1 is 1.50 bits per heavy atom. The molecule has 0 heterocycles. The summed E-state index contributed by atoms with van der Waals surface area (Å²) >= 11 is 0. The second-order valence-electron chi connectivity index (χ2n) is 2.21. The molecule has 0 bridgehead atoms. The van der Waals surface area contributed by atoms with Gasteiger partial charge in [0.25, 0.3) is 0 Å². The first-order valence-electron chi connectivity index (χ1n) is 3.36. The summed E-state index contributed by atoms with van der Waals surface area (Å²) in [6.07, 6.45) is 0. The average Bonchev–Trinajstić information content (AvgIpc) is 2.16. The third-order valence-electron chi connectivity index (χ3n) is 1.49. The van der Waals surface area contributed by atoms with Gasteiger partial charge in [0.2, 0.25) is 5.39 Å². The van der Waals surface area contributed by atoms with Crippen molar-refractivity contribution in [3.05, 3.63) is 33.3 Å². The van der Waals surface area contributed by atoms with E-state index < -0.39 is 4.92 Å². The maximum Gasteiger partial charge on any atom is 2.00 e. The van der Waals surface area contributed by atoms with Crippen LogP contribution in [0.1, 0.15) is 0 Å². The number of rotatable bonds is 2. The van der Waals surface area contributed by atoms with Crippen LogP contribution in [-0.2, 0) is 19.5 Å². The van der Waals surface area contributed by atoms with Crippen molar-refractivity contribution in [2.45, 2.75) is 0 Å². The Morgan fingerprint density at radius 2 is 2.06 bits per heavy atom. The van der Waals surface area contributed by atoms with Gasteiger partial charge in [-0.25, -0.2) is 0 Å². The molecule has 0 aliphatic heterocycles. The van der Waals surface area contributed by atoms with Gasteiger partial charge >= 0.3 is 30.9 Å². The molecule has 82 valence electrons. The molecule has 0 saturated heterocycles. The minimum atomic E-state index is -0.641. The largest absolute Gasteiger partial charge is 2.00 e. The van der Waals surface area contributed by atoms with Crippen LogP contribution in [0.4, 0.5) is 11.4 Å². The fraction of sp³-hybridized carbons (Fsp3) is 0.143. The normalized spacial score (nSPS) is 7.25. The standard InChI is InChI=1S/C7H6N3O3.2ClH.Zn/c1-13-5-2-3-6(9-8)7(4-5)10(11)12;;;/h2-4H,1H3;2*1H;/q+1;;;+2/p-1. The number of nitrogens with zero attached hydrogens (tertiary/aromatic N) is 3. The van der Waals surface area contributed by atoms with Gasteiger partial charge in [-0.1, -0.05) is 0 Å². The van der Waals surface area contributed by atoms with Crippen LogP contribution in [0.3, 0.4) is 0 Å². The van der Waals surface area contributed by atoms with Crippen molar-refractivity contribution >= 4 is 23.8 Å². The van der Waals surface area contributed by atoms with Crippen molar-refractivity contribution in [1.82, 2.24) is 0 Å². The van der Waals surface area contributed by atoms with E-state index in [0.717, 1.165) is 0 Å². The Labute approximate surface area is 117 Å². The smallest absolute Gasteiger partial charge is 1.00 e. The van der Waals surface area contributed by atoms with Crippen LogP contribution in [0, 0.1) is 15.5 Å². The van der Waals surface area contributed by atoms with E-state index in [1.54, 1.807) is 0 Å². The molecule has 0 atom stereocenters. The molecular weight excluding hydrogens is 310 g/mol. The van der Waals surface area contributed by atoms with Gasteiger partial charge in [-0.2, -0.15) is 0 Å². The van der Waals surface area contributed by atoms with E-state index in [1.165, 1.54) is 25.3 Å². The van der Waals surface area contributed by atoms with E-state index >= 15 is 0 Å². The zero-order valence-corrected chi connectivity index (χ0v) is 12.8. The van der Waals surface area contributed by atoms with Gasteiger partial charge in [-0.3, -0.25) is 10.1 Å². The van der Waals surface area contributed by atoms with Crippen molar-refractivity contribution in [3.8, 4) is 5.75 Å². The predicted octanol–water partition coefficient (Wildman–Crippen LogP) is -0.489. The van der Waals surface area contributed by atoms with E-state index in [-0.39, 0.29) is 55.7 Å². The Kier molecular flexibility index (Phi) is 11.9. The molecule has 0 aromatic heterocycles.